The fraction of sp³-hybridized carbons (Fsp3) is 0.500. The van der Waals surface area contributed by atoms with Gasteiger partial charge in [0.05, 0.1) is 30.7 Å². The third-order valence-electron chi connectivity index (χ3n) is 8.32. The van der Waals surface area contributed by atoms with Crippen molar-refractivity contribution in [1.29, 1.82) is 0 Å². The number of ether oxygens (including phenoxy) is 1. The summed E-state index contributed by atoms with van der Waals surface area (Å²) in [6.07, 6.45) is -0.289. The maximum Gasteiger partial charge on any atom is 0.401 e. The normalized spacial score (nSPS) is 18.6. The predicted octanol–water partition coefficient (Wildman–Crippen LogP) is 4.85. The lowest BCUT2D eigenvalue weighted by Gasteiger charge is -2.30. The topological polar surface area (TPSA) is 103 Å². The summed E-state index contributed by atoms with van der Waals surface area (Å²) >= 11 is 0. The third-order valence-corrected chi connectivity index (χ3v) is 8.32. The molecule has 3 N–H and O–H groups in total. The molecule has 2 atom stereocenters. The number of amides is 1. The Kier molecular flexibility index (Phi) is 7.38. The molecule has 2 aliphatic rings. The molecule has 2 fully saturated rings. The SMILES string of the molecule is COc1cc(C(=O)N2CCC[C@@H](N)C2)cc2nc(-c3cc4ccc([C@@H](C)NCC(F)(F)F)nc4n3CC3CC3)c(C)n12. The molecule has 1 aliphatic carbocycles. The van der Waals surface area contributed by atoms with E-state index in [2.05, 4.69) is 9.88 Å². The number of carbonyl (C=O) groups excluding carboxylic acids is 1. The summed E-state index contributed by atoms with van der Waals surface area (Å²) in [5.74, 6) is 0.918. The van der Waals surface area contributed by atoms with Gasteiger partial charge in [-0.2, -0.15) is 13.2 Å². The van der Waals surface area contributed by atoms with Crippen molar-refractivity contribution < 1.29 is 22.7 Å². The van der Waals surface area contributed by atoms with Crippen LogP contribution in [0.5, 0.6) is 5.88 Å². The molecule has 0 aromatic carbocycles. The number of aromatic nitrogens is 4. The third kappa shape index (κ3) is 5.57. The molecular formula is C30H36F3N7O2. The van der Waals surface area contributed by atoms with Crippen LogP contribution in [0.15, 0.2) is 30.3 Å². The lowest BCUT2D eigenvalue weighted by Crippen LogP contribution is -2.45. The van der Waals surface area contributed by atoms with Gasteiger partial charge in [-0.1, -0.05) is 0 Å². The molecule has 0 bridgehead atoms. The number of nitrogens with zero attached hydrogens (tertiary/aromatic N) is 5. The number of nitrogens with one attached hydrogen (secondary N) is 1. The van der Waals surface area contributed by atoms with E-state index in [1.54, 1.807) is 37.1 Å². The van der Waals surface area contributed by atoms with Gasteiger partial charge in [0, 0.05) is 48.7 Å². The van der Waals surface area contributed by atoms with E-state index in [1.807, 2.05) is 23.5 Å². The summed E-state index contributed by atoms with van der Waals surface area (Å²) in [6, 6.07) is 8.64. The number of likely N-dealkylation sites (tertiary alicyclic amines) is 1. The Hall–Kier alpha value is -3.64. The molecule has 9 nitrogen and oxygen atoms in total. The number of imidazole rings is 1. The van der Waals surface area contributed by atoms with Crippen LogP contribution in [0.4, 0.5) is 13.2 Å². The molecule has 1 amide bonds. The molecule has 224 valence electrons. The number of hydrogen-bond donors (Lipinski definition) is 2. The van der Waals surface area contributed by atoms with Crippen molar-refractivity contribution in [3.05, 3.63) is 47.3 Å². The van der Waals surface area contributed by atoms with Crippen LogP contribution in [0.3, 0.4) is 0 Å². The Balaban J connectivity index is 1.41. The van der Waals surface area contributed by atoms with Crippen LogP contribution >= 0.6 is 0 Å². The molecule has 0 unspecified atom stereocenters. The maximum atomic E-state index is 13.4. The highest BCUT2D eigenvalue weighted by Gasteiger charge is 2.30. The van der Waals surface area contributed by atoms with E-state index in [0.717, 1.165) is 60.3 Å². The lowest BCUT2D eigenvalue weighted by atomic mass is 10.1. The van der Waals surface area contributed by atoms with E-state index in [9.17, 15) is 18.0 Å². The molecule has 0 spiro atoms. The van der Waals surface area contributed by atoms with Gasteiger partial charge in [0.1, 0.15) is 17.0 Å². The maximum absolute atomic E-state index is 13.4. The summed E-state index contributed by atoms with van der Waals surface area (Å²) in [7, 11) is 1.57. The molecular weight excluding hydrogens is 547 g/mol. The van der Waals surface area contributed by atoms with Gasteiger partial charge < -0.3 is 25.3 Å². The number of piperidine rings is 1. The smallest absolute Gasteiger partial charge is 0.401 e. The van der Waals surface area contributed by atoms with Crippen molar-refractivity contribution in [2.24, 2.45) is 11.7 Å². The zero-order valence-corrected chi connectivity index (χ0v) is 24.0. The Bertz CT molecular complexity index is 1640. The number of alkyl halides is 3. The van der Waals surface area contributed by atoms with Crippen molar-refractivity contribution in [3.8, 4) is 17.3 Å². The molecule has 42 heavy (non-hydrogen) atoms. The zero-order chi connectivity index (χ0) is 29.8. The highest BCUT2D eigenvalue weighted by atomic mass is 19.4. The van der Waals surface area contributed by atoms with Gasteiger partial charge in [0.2, 0.25) is 0 Å². The first kappa shape index (κ1) is 28.5. The molecule has 4 aromatic rings. The van der Waals surface area contributed by atoms with E-state index in [-0.39, 0.29) is 11.9 Å². The second kappa shape index (κ2) is 10.9. The molecule has 12 heteroatoms. The van der Waals surface area contributed by atoms with Crippen LogP contribution in [0, 0.1) is 12.8 Å². The predicted molar refractivity (Wildman–Crippen MR) is 154 cm³/mol. The Labute approximate surface area is 241 Å². The monoisotopic (exact) mass is 583 g/mol. The standard InChI is InChI=1S/C30H36F3N7O2/c1-17(35-16-30(31,32)33)23-9-8-20-11-24(39(28(20)36-23)14-19-6-7-19)27-18(2)40-25(37-27)12-21(13-26(40)42-3)29(41)38-10-4-5-22(34)15-38/h8-9,11-13,17,19,22,35H,4-7,10,14-16,34H2,1-3H3/t17-,22-/m1/s1. The van der Waals surface area contributed by atoms with E-state index in [4.69, 9.17) is 20.4 Å². The van der Waals surface area contributed by atoms with Crippen LogP contribution in [0.2, 0.25) is 0 Å². The van der Waals surface area contributed by atoms with Crippen LogP contribution in [0.1, 0.15) is 60.4 Å². The number of fused-ring (bicyclic) bond motifs is 2. The highest BCUT2D eigenvalue weighted by molar-refractivity contribution is 5.96. The summed E-state index contributed by atoms with van der Waals surface area (Å²) in [5, 5.41) is 3.42. The molecule has 1 saturated heterocycles. The van der Waals surface area contributed by atoms with Gasteiger partial charge >= 0.3 is 6.18 Å². The van der Waals surface area contributed by atoms with Gasteiger partial charge in [-0.15, -0.1) is 0 Å². The lowest BCUT2D eigenvalue weighted by molar-refractivity contribution is -0.126. The number of rotatable bonds is 8. The van der Waals surface area contributed by atoms with Gasteiger partial charge in [0.15, 0.2) is 5.88 Å². The van der Waals surface area contributed by atoms with Gasteiger partial charge in [0.25, 0.3) is 5.91 Å². The number of methoxy groups -OCH3 is 1. The van der Waals surface area contributed by atoms with E-state index in [0.29, 0.717) is 41.8 Å². The molecule has 6 rings (SSSR count). The van der Waals surface area contributed by atoms with Crippen molar-refractivity contribution in [3.63, 3.8) is 0 Å². The minimum Gasteiger partial charge on any atom is -0.482 e. The molecule has 0 radical (unpaired) electrons. The quantitative estimate of drug-likeness (QED) is 0.307. The van der Waals surface area contributed by atoms with Gasteiger partial charge in [-0.3, -0.25) is 9.20 Å². The summed E-state index contributed by atoms with van der Waals surface area (Å²) in [6.45, 7) is 4.49. The minimum absolute atomic E-state index is 0.0282. The van der Waals surface area contributed by atoms with E-state index < -0.39 is 18.8 Å². The van der Waals surface area contributed by atoms with Crippen molar-refractivity contribution in [2.75, 3.05) is 26.7 Å². The fourth-order valence-corrected chi connectivity index (χ4v) is 5.87. The molecule has 1 aliphatic heterocycles. The zero-order valence-electron chi connectivity index (χ0n) is 24.0. The first-order chi connectivity index (χ1) is 20.0. The Morgan fingerprint density at radius 2 is 1.98 bits per heavy atom. The largest absolute Gasteiger partial charge is 0.482 e. The number of nitrogens with two attached hydrogens (primary N) is 1. The highest BCUT2D eigenvalue weighted by Crippen LogP contribution is 2.37. The van der Waals surface area contributed by atoms with E-state index >= 15 is 0 Å². The average molecular weight is 584 g/mol. The van der Waals surface area contributed by atoms with Crippen molar-refractivity contribution in [2.45, 2.75) is 64.3 Å². The first-order valence-electron chi connectivity index (χ1n) is 14.4. The van der Waals surface area contributed by atoms with Crippen LogP contribution in [-0.2, 0) is 6.54 Å². The van der Waals surface area contributed by atoms with Crippen LogP contribution in [-0.4, -0.2) is 68.7 Å². The fourth-order valence-electron chi connectivity index (χ4n) is 5.87. The number of hydrogen-bond acceptors (Lipinski definition) is 6. The van der Waals surface area contributed by atoms with Crippen LogP contribution < -0.4 is 15.8 Å². The number of pyridine rings is 2. The minimum atomic E-state index is -4.30. The number of carbonyl (C=O) groups is 1. The molecule has 1 saturated carbocycles. The van der Waals surface area contributed by atoms with Crippen molar-refractivity contribution >= 4 is 22.6 Å². The Morgan fingerprint density at radius 3 is 2.67 bits per heavy atom. The number of aryl methyl sites for hydroxylation is 1. The molecule has 4 aromatic heterocycles. The van der Waals surface area contributed by atoms with E-state index in [1.165, 1.54) is 0 Å². The van der Waals surface area contributed by atoms with Crippen molar-refractivity contribution in [1.82, 2.24) is 29.2 Å². The Morgan fingerprint density at radius 1 is 1.19 bits per heavy atom. The van der Waals surface area contributed by atoms with Crippen LogP contribution in [0.25, 0.3) is 28.1 Å². The first-order valence-corrected chi connectivity index (χ1v) is 14.4. The van der Waals surface area contributed by atoms with Gasteiger partial charge in [-0.25, -0.2) is 9.97 Å². The average Bonchev–Trinajstić information content (AvgIpc) is 3.63. The molecule has 5 heterocycles. The summed E-state index contributed by atoms with van der Waals surface area (Å²) < 4.78 is 48.2. The number of halogens is 3. The second-order valence-electron chi connectivity index (χ2n) is 11.6. The van der Waals surface area contributed by atoms with Gasteiger partial charge in [-0.05, 0) is 69.7 Å². The summed E-state index contributed by atoms with van der Waals surface area (Å²) in [4.78, 5) is 25.0. The summed E-state index contributed by atoms with van der Waals surface area (Å²) in [5.41, 5.74) is 10.9. The second-order valence-corrected chi connectivity index (χ2v) is 11.6.